The van der Waals surface area contributed by atoms with Gasteiger partial charge in [0, 0.05) is 7.05 Å². The third kappa shape index (κ3) is 2.99. The van der Waals surface area contributed by atoms with Gasteiger partial charge >= 0.3 is 0 Å². The molecule has 0 radical (unpaired) electrons. The molecule has 2 N–H and O–H groups in total. The van der Waals surface area contributed by atoms with E-state index in [1.54, 1.807) is 17.9 Å². The molecule has 0 aliphatic heterocycles. The molecule has 2 aromatic rings. The summed E-state index contributed by atoms with van der Waals surface area (Å²) in [6.07, 6.45) is 1.63. The van der Waals surface area contributed by atoms with E-state index in [4.69, 9.17) is 17.3 Å². The van der Waals surface area contributed by atoms with Gasteiger partial charge in [0.1, 0.15) is 11.0 Å². The van der Waals surface area contributed by atoms with Gasteiger partial charge in [-0.05, 0) is 6.54 Å². The number of nitrogens with two attached hydrogens (primary N) is 1. The highest BCUT2D eigenvalue weighted by atomic mass is 35.5. The predicted molar refractivity (Wildman–Crippen MR) is 71.5 cm³/mol. The number of likely N-dealkylation sites (N-methyl/N-ethyl adjacent to an activating group) is 1. The van der Waals surface area contributed by atoms with E-state index in [1.807, 2.05) is 11.8 Å². The van der Waals surface area contributed by atoms with Crippen molar-refractivity contribution in [3.63, 3.8) is 0 Å². The van der Waals surface area contributed by atoms with Crippen LogP contribution in [0, 0.1) is 0 Å². The number of rotatable bonds is 5. The van der Waals surface area contributed by atoms with Crippen LogP contribution in [0.1, 0.15) is 12.7 Å². The lowest BCUT2D eigenvalue weighted by molar-refractivity contribution is -0.119. The van der Waals surface area contributed by atoms with Crippen molar-refractivity contribution in [1.29, 1.82) is 0 Å². The highest BCUT2D eigenvalue weighted by Gasteiger charge is 2.13. The van der Waals surface area contributed by atoms with Crippen molar-refractivity contribution >= 4 is 28.5 Å². The molecule has 8 heteroatoms. The molecule has 2 aromatic heterocycles. The average Bonchev–Trinajstić information content (AvgIpc) is 2.70. The van der Waals surface area contributed by atoms with Gasteiger partial charge in [-0.3, -0.25) is 14.4 Å². The summed E-state index contributed by atoms with van der Waals surface area (Å²) in [6.45, 7) is 3.20. The lowest BCUT2D eigenvalue weighted by Gasteiger charge is -2.17. The summed E-state index contributed by atoms with van der Waals surface area (Å²) in [4.78, 5) is 21.4. The molecule has 102 valence electrons. The molecule has 0 aromatic carbocycles. The van der Waals surface area contributed by atoms with Crippen LogP contribution in [0.4, 0.5) is 0 Å². The number of carbonyl (C=O) groups excluding carboxylic acids is 1. The fourth-order valence-electron chi connectivity index (χ4n) is 1.80. The van der Waals surface area contributed by atoms with Gasteiger partial charge in [-0.2, -0.15) is 5.10 Å². The topological polar surface area (TPSA) is 89.9 Å². The predicted octanol–water partition coefficient (Wildman–Crippen LogP) is 0.324. The van der Waals surface area contributed by atoms with Crippen molar-refractivity contribution < 1.29 is 4.79 Å². The SMILES string of the molecule is CCN(CC(N)=O)Cc1nc(Cl)c2cnn(C)c2n1. The van der Waals surface area contributed by atoms with Gasteiger partial charge in [-0.25, -0.2) is 9.97 Å². The van der Waals surface area contributed by atoms with Gasteiger partial charge in [-0.15, -0.1) is 0 Å². The number of aromatic nitrogens is 4. The summed E-state index contributed by atoms with van der Waals surface area (Å²) in [7, 11) is 1.79. The van der Waals surface area contributed by atoms with E-state index in [1.165, 1.54) is 0 Å². The molecule has 0 spiro atoms. The largest absolute Gasteiger partial charge is 0.369 e. The van der Waals surface area contributed by atoms with Crippen molar-refractivity contribution in [2.75, 3.05) is 13.1 Å². The summed E-state index contributed by atoms with van der Waals surface area (Å²) >= 11 is 6.09. The number of primary amides is 1. The van der Waals surface area contributed by atoms with Crippen LogP contribution in [-0.2, 0) is 18.4 Å². The second-order valence-electron chi connectivity index (χ2n) is 4.21. The van der Waals surface area contributed by atoms with Crippen molar-refractivity contribution in [3.05, 3.63) is 17.2 Å². The maximum absolute atomic E-state index is 11.0. The first kappa shape index (κ1) is 13.7. The molecule has 7 nitrogen and oxygen atoms in total. The number of hydrogen-bond donors (Lipinski definition) is 1. The maximum Gasteiger partial charge on any atom is 0.231 e. The Hall–Kier alpha value is -1.73. The van der Waals surface area contributed by atoms with Crippen LogP contribution in [0.2, 0.25) is 5.15 Å². The second-order valence-corrected chi connectivity index (χ2v) is 4.56. The fourth-order valence-corrected chi connectivity index (χ4v) is 2.03. The van der Waals surface area contributed by atoms with Gasteiger partial charge < -0.3 is 5.73 Å². The number of nitrogens with zero attached hydrogens (tertiary/aromatic N) is 5. The number of fused-ring (bicyclic) bond motifs is 1. The Morgan fingerprint density at radius 1 is 1.53 bits per heavy atom. The van der Waals surface area contributed by atoms with Crippen molar-refractivity contribution in [2.24, 2.45) is 12.8 Å². The molecule has 2 heterocycles. The molecule has 0 saturated carbocycles. The Balaban J connectivity index is 2.29. The lowest BCUT2D eigenvalue weighted by Crippen LogP contribution is -2.33. The second kappa shape index (κ2) is 5.50. The van der Waals surface area contributed by atoms with Gasteiger partial charge in [0.2, 0.25) is 5.91 Å². The molecular formula is C11H15ClN6O. The Bertz CT molecular complexity index is 610. The Morgan fingerprint density at radius 3 is 2.89 bits per heavy atom. The van der Waals surface area contributed by atoms with Crippen molar-refractivity contribution in [1.82, 2.24) is 24.6 Å². The zero-order chi connectivity index (χ0) is 14.0. The molecular weight excluding hydrogens is 268 g/mol. The third-order valence-electron chi connectivity index (χ3n) is 2.78. The molecule has 0 aliphatic rings. The molecule has 0 bridgehead atoms. The number of halogens is 1. The van der Waals surface area contributed by atoms with E-state index in [0.717, 1.165) is 0 Å². The monoisotopic (exact) mass is 282 g/mol. The molecule has 0 atom stereocenters. The van der Waals surface area contributed by atoms with Crippen LogP contribution >= 0.6 is 11.6 Å². The first-order chi connectivity index (χ1) is 9.01. The number of amides is 1. The van der Waals surface area contributed by atoms with Gasteiger partial charge in [0.05, 0.1) is 24.7 Å². The first-order valence-corrected chi connectivity index (χ1v) is 6.23. The van der Waals surface area contributed by atoms with E-state index < -0.39 is 0 Å². The van der Waals surface area contributed by atoms with Crippen LogP contribution in [0.25, 0.3) is 11.0 Å². The van der Waals surface area contributed by atoms with E-state index in [2.05, 4.69) is 15.1 Å². The molecule has 0 unspecified atom stereocenters. The lowest BCUT2D eigenvalue weighted by atomic mass is 10.4. The molecule has 19 heavy (non-hydrogen) atoms. The fraction of sp³-hybridized carbons (Fsp3) is 0.455. The zero-order valence-electron chi connectivity index (χ0n) is 10.8. The van der Waals surface area contributed by atoms with Crippen LogP contribution < -0.4 is 5.73 Å². The van der Waals surface area contributed by atoms with Gasteiger partial charge in [0.15, 0.2) is 5.65 Å². The van der Waals surface area contributed by atoms with Crippen LogP contribution in [0.5, 0.6) is 0 Å². The van der Waals surface area contributed by atoms with E-state index >= 15 is 0 Å². The van der Waals surface area contributed by atoms with E-state index in [0.29, 0.717) is 35.1 Å². The van der Waals surface area contributed by atoms with Crippen molar-refractivity contribution in [2.45, 2.75) is 13.5 Å². The smallest absolute Gasteiger partial charge is 0.231 e. The third-order valence-corrected chi connectivity index (χ3v) is 3.07. The minimum Gasteiger partial charge on any atom is -0.369 e. The Kier molecular flexibility index (Phi) is 3.96. The highest BCUT2D eigenvalue weighted by Crippen LogP contribution is 2.19. The quantitative estimate of drug-likeness (QED) is 0.798. The number of aryl methyl sites for hydroxylation is 1. The van der Waals surface area contributed by atoms with Crippen molar-refractivity contribution in [3.8, 4) is 0 Å². The normalized spacial score (nSPS) is 11.4. The van der Waals surface area contributed by atoms with Crippen LogP contribution in [-0.4, -0.2) is 43.6 Å². The van der Waals surface area contributed by atoms with Gasteiger partial charge in [-0.1, -0.05) is 18.5 Å². The average molecular weight is 283 g/mol. The number of hydrogen-bond acceptors (Lipinski definition) is 5. The van der Waals surface area contributed by atoms with Crippen LogP contribution in [0.3, 0.4) is 0 Å². The van der Waals surface area contributed by atoms with E-state index in [9.17, 15) is 4.79 Å². The first-order valence-electron chi connectivity index (χ1n) is 5.86. The standard InChI is InChI=1S/C11H15ClN6O/c1-3-18(5-8(13)19)6-9-15-10(12)7-4-14-17(2)11(7)16-9/h4H,3,5-6H2,1-2H3,(H2,13,19). The van der Waals surface area contributed by atoms with Gasteiger partial charge in [0.25, 0.3) is 0 Å². The zero-order valence-corrected chi connectivity index (χ0v) is 11.6. The molecule has 0 fully saturated rings. The minimum absolute atomic E-state index is 0.168. The summed E-state index contributed by atoms with van der Waals surface area (Å²) in [6, 6.07) is 0. The highest BCUT2D eigenvalue weighted by molar-refractivity contribution is 6.33. The maximum atomic E-state index is 11.0. The minimum atomic E-state index is -0.380. The van der Waals surface area contributed by atoms with Crippen LogP contribution in [0.15, 0.2) is 6.20 Å². The summed E-state index contributed by atoms with van der Waals surface area (Å²) in [5.74, 6) is 0.166. The van der Waals surface area contributed by atoms with E-state index in [-0.39, 0.29) is 12.5 Å². The molecule has 0 saturated heterocycles. The Morgan fingerprint density at radius 2 is 2.26 bits per heavy atom. The summed E-state index contributed by atoms with van der Waals surface area (Å²) in [5.41, 5.74) is 5.86. The number of carbonyl (C=O) groups is 1. The summed E-state index contributed by atoms with van der Waals surface area (Å²) < 4.78 is 1.64. The Labute approximate surface area is 115 Å². The molecule has 0 aliphatic carbocycles. The molecule has 2 rings (SSSR count). The summed E-state index contributed by atoms with van der Waals surface area (Å²) in [5, 5.41) is 5.17. The molecule has 1 amide bonds.